The van der Waals surface area contributed by atoms with E-state index in [1.807, 2.05) is 24.3 Å². The molecular weight excluding hydrogens is 260 g/mol. The third kappa shape index (κ3) is 3.40. The van der Waals surface area contributed by atoms with Crippen LogP contribution < -0.4 is 10.1 Å². The molecule has 0 fully saturated rings. The molecule has 0 radical (unpaired) electrons. The van der Waals surface area contributed by atoms with Gasteiger partial charge < -0.3 is 20.1 Å². The second-order valence-electron chi connectivity index (χ2n) is 4.80. The van der Waals surface area contributed by atoms with Gasteiger partial charge in [-0.3, -0.25) is 4.79 Å². The molecule has 1 aromatic carbocycles. The molecule has 0 saturated carbocycles. The van der Waals surface area contributed by atoms with Crippen molar-refractivity contribution in [3.05, 3.63) is 29.8 Å². The smallest absolute Gasteiger partial charge is 0.317 e. The van der Waals surface area contributed by atoms with Crippen molar-refractivity contribution in [1.29, 1.82) is 0 Å². The minimum Gasteiger partial charge on any atom is -0.491 e. The molecule has 20 heavy (non-hydrogen) atoms. The van der Waals surface area contributed by atoms with Gasteiger partial charge in [0.05, 0.1) is 19.0 Å². The number of carbonyl (C=O) groups excluding carboxylic acids is 1. The van der Waals surface area contributed by atoms with Crippen LogP contribution in [0.2, 0.25) is 0 Å². The largest absolute Gasteiger partial charge is 0.491 e. The number of ether oxygens (including phenoxy) is 1. The molecule has 1 aliphatic heterocycles. The number of rotatable bonds is 3. The lowest BCUT2D eigenvalue weighted by molar-refractivity contribution is -0.140. The highest BCUT2D eigenvalue weighted by molar-refractivity contribution is 5.76. The standard InChI is InChI=1S/C14H18N2O4/c1-10(13(17)18)8-15-14(19)16-6-7-20-12-5-3-2-4-11(12)9-16/h2-5,10H,6-9H2,1H3,(H,15,19)(H,17,18). The first kappa shape index (κ1) is 14.2. The molecule has 1 aromatic rings. The minimum atomic E-state index is -0.921. The van der Waals surface area contributed by atoms with E-state index in [1.165, 1.54) is 0 Å². The number of benzene rings is 1. The van der Waals surface area contributed by atoms with Gasteiger partial charge in [-0.1, -0.05) is 25.1 Å². The Labute approximate surface area is 117 Å². The average Bonchev–Trinajstić information content (AvgIpc) is 2.66. The first-order chi connectivity index (χ1) is 9.58. The first-order valence-corrected chi connectivity index (χ1v) is 6.54. The van der Waals surface area contributed by atoms with Crippen molar-refractivity contribution in [3.8, 4) is 5.75 Å². The number of fused-ring (bicyclic) bond motifs is 1. The van der Waals surface area contributed by atoms with Gasteiger partial charge in [0.1, 0.15) is 12.4 Å². The van der Waals surface area contributed by atoms with Gasteiger partial charge in [0, 0.05) is 12.1 Å². The Bertz CT molecular complexity index is 504. The third-order valence-corrected chi connectivity index (χ3v) is 3.22. The minimum absolute atomic E-state index is 0.118. The molecule has 2 rings (SSSR count). The van der Waals surface area contributed by atoms with Gasteiger partial charge in [-0.15, -0.1) is 0 Å². The topological polar surface area (TPSA) is 78.9 Å². The molecule has 108 valence electrons. The number of aliphatic carboxylic acids is 1. The normalized spacial score (nSPS) is 15.6. The summed E-state index contributed by atoms with van der Waals surface area (Å²) in [4.78, 5) is 24.4. The van der Waals surface area contributed by atoms with E-state index in [2.05, 4.69) is 5.32 Å². The number of carboxylic acid groups (broad SMARTS) is 1. The summed E-state index contributed by atoms with van der Waals surface area (Å²) in [5, 5.41) is 11.4. The summed E-state index contributed by atoms with van der Waals surface area (Å²) < 4.78 is 5.58. The van der Waals surface area contributed by atoms with E-state index in [0.717, 1.165) is 11.3 Å². The monoisotopic (exact) mass is 278 g/mol. The Hall–Kier alpha value is -2.24. The molecule has 1 aliphatic rings. The van der Waals surface area contributed by atoms with E-state index < -0.39 is 11.9 Å². The Morgan fingerprint density at radius 1 is 1.45 bits per heavy atom. The molecule has 1 unspecified atom stereocenters. The molecule has 2 amide bonds. The number of carboxylic acids is 1. The lowest BCUT2D eigenvalue weighted by atomic mass is 10.2. The number of urea groups is 1. The summed E-state index contributed by atoms with van der Waals surface area (Å²) >= 11 is 0. The molecule has 6 nitrogen and oxygen atoms in total. The van der Waals surface area contributed by atoms with E-state index in [-0.39, 0.29) is 12.6 Å². The summed E-state index contributed by atoms with van der Waals surface area (Å²) in [5.41, 5.74) is 0.950. The van der Waals surface area contributed by atoms with Crippen LogP contribution in [0.25, 0.3) is 0 Å². The van der Waals surface area contributed by atoms with Crippen LogP contribution in [0.5, 0.6) is 5.75 Å². The van der Waals surface area contributed by atoms with Crippen LogP contribution in [-0.4, -0.2) is 41.7 Å². The molecule has 6 heteroatoms. The predicted molar refractivity (Wildman–Crippen MR) is 72.5 cm³/mol. The second kappa shape index (κ2) is 6.27. The number of carbonyl (C=O) groups is 2. The van der Waals surface area contributed by atoms with E-state index in [0.29, 0.717) is 19.7 Å². The zero-order valence-corrected chi connectivity index (χ0v) is 11.3. The van der Waals surface area contributed by atoms with E-state index >= 15 is 0 Å². The molecule has 0 aliphatic carbocycles. The van der Waals surface area contributed by atoms with Crippen molar-refractivity contribution >= 4 is 12.0 Å². The van der Waals surface area contributed by atoms with E-state index in [1.54, 1.807) is 11.8 Å². The van der Waals surface area contributed by atoms with Crippen LogP contribution in [0.4, 0.5) is 4.79 Å². The quantitative estimate of drug-likeness (QED) is 0.873. The Morgan fingerprint density at radius 3 is 2.95 bits per heavy atom. The fraction of sp³-hybridized carbons (Fsp3) is 0.429. The van der Waals surface area contributed by atoms with Crippen molar-refractivity contribution in [1.82, 2.24) is 10.2 Å². The number of hydrogen-bond donors (Lipinski definition) is 2. The zero-order valence-electron chi connectivity index (χ0n) is 11.3. The van der Waals surface area contributed by atoms with Gasteiger partial charge >= 0.3 is 12.0 Å². The highest BCUT2D eigenvalue weighted by Crippen LogP contribution is 2.22. The summed E-state index contributed by atoms with van der Waals surface area (Å²) in [6.45, 7) is 3.04. The second-order valence-corrected chi connectivity index (χ2v) is 4.80. The van der Waals surface area contributed by atoms with Gasteiger partial charge in [0.25, 0.3) is 0 Å². The maximum atomic E-state index is 12.1. The van der Waals surface area contributed by atoms with Crippen LogP contribution >= 0.6 is 0 Å². The molecular formula is C14H18N2O4. The fourth-order valence-corrected chi connectivity index (χ4v) is 1.94. The Kier molecular flexibility index (Phi) is 4.45. The van der Waals surface area contributed by atoms with E-state index in [9.17, 15) is 9.59 Å². The van der Waals surface area contributed by atoms with Crippen molar-refractivity contribution < 1.29 is 19.4 Å². The summed E-state index contributed by atoms with van der Waals surface area (Å²) in [5.74, 6) is -0.731. The van der Waals surface area contributed by atoms with Gasteiger partial charge in [-0.25, -0.2) is 4.79 Å². The maximum Gasteiger partial charge on any atom is 0.317 e. The molecule has 2 N–H and O–H groups in total. The lowest BCUT2D eigenvalue weighted by Crippen LogP contribution is -2.43. The number of nitrogens with zero attached hydrogens (tertiary/aromatic N) is 1. The van der Waals surface area contributed by atoms with Crippen molar-refractivity contribution in [2.24, 2.45) is 5.92 Å². The van der Waals surface area contributed by atoms with Crippen LogP contribution in [-0.2, 0) is 11.3 Å². The summed E-state index contributed by atoms with van der Waals surface area (Å²) in [7, 11) is 0. The highest BCUT2D eigenvalue weighted by Gasteiger charge is 2.20. The molecule has 0 aromatic heterocycles. The molecule has 0 spiro atoms. The van der Waals surface area contributed by atoms with Crippen molar-refractivity contribution in [2.75, 3.05) is 19.7 Å². The van der Waals surface area contributed by atoms with Gasteiger partial charge in [0.2, 0.25) is 0 Å². The van der Waals surface area contributed by atoms with Crippen molar-refractivity contribution in [2.45, 2.75) is 13.5 Å². The van der Waals surface area contributed by atoms with Gasteiger partial charge in [0.15, 0.2) is 0 Å². The number of para-hydroxylation sites is 1. The lowest BCUT2D eigenvalue weighted by Gasteiger charge is -2.21. The molecule has 1 heterocycles. The SMILES string of the molecule is CC(CNC(=O)N1CCOc2ccccc2C1)C(=O)O. The number of amides is 2. The third-order valence-electron chi connectivity index (χ3n) is 3.22. The molecule has 1 atom stereocenters. The van der Waals surface area contributed by atoms with Crippen LogP contribution in [0.1, 0.15) is 12.5 Å². The van der Waals surface area contributed by atoms with Crippen LogP contribution in [0, 0.1) is 5.92 Å². The molecule has 0 saturated heterocycles. The number of nitrogens with one attached hydrogen (secondary N) is 1. The zero-order chi connectivity index (χ0) is 14.5. The maximum absolute atomic E-state index is 12.1. The average molecular weight is 278 g/mol. The van der Waals surface area contributed by atoms with Crippen LogP contribution in [0.3, 0.4) is 0 Å². The Morgan fingerprint density at radius 2 is 2.20 bits per heavy atom. The fourth-order valence-electron chi connectivity index (χ4n) is 1.94. The van der Waals surface area contributed by atoms with Gasteiger partial charge in [-0.2, -0.15) is 0 Å². The summed E-state index contributed by atoms with van der Waals surface area (Å²) in [6.07, 6.45) is 0. The summed E-state index contributed by atoms with van der Waals surface area (Å²) in [6, 6.07) is 7.32. The van der Waals surface area contributed by atoms with Crippen molar-refractivity contribution in [3.63, 3.8) is 0 Å². The number of hydrogen-bond acceptors (Lipinski definition) is 3. The van der Waals surface area contributed by atoms with Gasteiger partial charge in [-0.05, 0) is 6.07 Å². The Balaban J connectivity index is 1.96. The first-order valence-electron chi connectivity index (χ1n) is 6.54. The van der Waals surface area contributed by atoms with Crippen LogP contribution in [0.15, 0.2) is 24.3 Å². The highest BCUT2D eigenvalue weighted by atomic mass is 16.5. The predicted octanol–water partition coefficient (Wildman–Crippen LogP) is 1.31. The van der Waals surface area contributed by atoms with E-state index in [4.69, 9.17) is 9.84 Å². The molecule has 0 bridgehead atoms.